The van der Waals surface area contributed by atoms with Crippen molar-refractivity contribution in [2.45, 2.75) is 34.3 Å². The number of azo groups is 2. The van der Waals surface area contributed by atoms with Crippen LogP contribution in [0.25, 0.3) is 32.7 Å². The standard InChI is InChI=1S/C55H48N6O5/c1-5-60(41-21-11-9-12-22-41)55(63)49-32-37-20-16-18-26-44(37)51(54(49)65-8-4)59-57-40-28-30-46-45-29-27-39(33-47(45)52(62)48(46)34-40)56-58-50-43-25-17-15-19-36(43)31-38(53(50)64-7-3)35-66-61(6-2)42-23-13-10-14-24-42/h9-34H,5-8,35H2,1-4H3. The maximum absolute atomic E-state index is 14.3. The fourth-order valence-electron chi connectivity index (χ4n) is 8.42. The number of ketones is 1. The molecule has 11 heteroatoms. The smallest absolute Gasteiger partial charge is 0.262 e. The lowest BCUT2D eigenvalue weighted by Gasteiger charge is -2.23. The molecule has 0 aromatic heterocycles. The Bertz CT molecular complexity index is 3150. The molecule has 0 saturated heterocycles. The molecule has 0 N–H and O–H groups in total. The van der Waals surface area contributed by atoms with Gasteiger partial charge in [-0.25, -0.2) is 0 Å². The van der Waals surface area contributed by atoms with Gasteiger partial charge in [0.25, 0.3) is 5.91 Å². The molecule has 0 spiro atoms. The predicted octanol–water partition coefficient (Wildman–Crippen LogP) is 14.5. The summed E-state index contributed by atoms with van der Waals surface area (Å²) in [5, 5.41) is 24.2. The Kier molecular flexibility index (Phi) is 12.7. The molecule has 8 aromatic rings. The van der Waals surface area contributed by atoms with E-state index in [0.717, 1.165) is 49.6 Å². The second kappa shape index (κ2) is 19.4. The summed E-state index contributed by atoms with van der Waals surface area (Å²) in [7, 11) is 0. The number of benzene rings is 8. The molecular weight excluding hydrogens is 825 g/mol. The lowest BCUT2D eigenvalue weighted by atomic mass is 10.0. The maximum Gasteiger partial charge on any atom is 0.262 e. The van der Waals surface area contributed by atoms with Crippen LogP contribution in [0.2, 0.25) is 0 Å². The summed E-state index contributed by atoms with van der Waals surface area (Å²) in [6.45, 7) is 9.88. The third-order valence-corrected chi connectivity index (χ3v) is 11.5. The van der Waals surface area contributed by atoms with Crippen molar-refractivity contribution in [3.05, 3.63) is 180 Å². The van der Waals surface area contributed by atoms with Crippen molar-refractivity contribution >= 4 is 67.4 Å². The Morgan fingerprint density at radius 3 is 1.59 bits per heavy atom. The van der Waals surface area contributed by atoms with E-state index in [1.165, 1.54) is 0 Å². The largest absolute Gasteiger partial charge is 0.491 e. The van der Waals surface area contributed by atoms with Gasteiger partial charge in [0.05, 0.1) is 35.8 Å². The first-order valence-corrected chi connectivity index (χ1v) is 22.3. The molecule has 1 aliphatic carbocycles. The molecule has 0 saturated carbocycles. The van der Waals surface area contributed by atoms with E-state index in [4.69, 9.17) is 29.7 Å². The van der Waals surface area contributed by atoms with Gasteiger partial charge in [-0.15, -0.1) is 10.2 Å². The molecule has 8 aromatic carbocycles. The SMILES string of the molecule is CCOc1c(CON(CC)c2ccccc2)cc2ccccc2c1N=Nc1ccc2c(c1)C(=O)c1cc(N=Nc3c(OCC)c(C(=O)N(CC)c4ccccc4)cc4ccccc34)ccc1-2. The number of nitrogens with zero attached hydrogens (tertiary/aromatic N) is 6. The first kappa shape index (κ1) is 43.2. The number of rotatable bonds is 16. The zero-order valence-corrected chi connectivity index (χ0v) is 37.3. The summed E-state index contributed by atoms with van der Waals surface area (Å²) >= 11 is 0. The van der Waals surface area contributed by atoms with E-state index in [0.29, 0.717) is 77.2 Å². The highest BCUT2D eigenvalue weighted by atomic mass is 16.7. The first-order chi connectivity index (χ1) is 32.4. The molecule has 0 aliphatic heterocycles. The van der Waals surface area contributed by atoms with Crippen molar-refractivity contribution in [1.82, 2.24) is 0 Å². The van der Waals surface area contributed by atoms with Gasteiger partial charge in [-0.2, -0.15) is 10.2 Å². The molecular formula is C55H48N6O5. The fourth-order valence-corrected chi connectivity index (χ4v) is 8.42. The third kappa shape index (κ3) is 8.51. The van der Waals surface area contributed by atoms with Crippen LogP contribution in [-0.2, 0) is 11.4 Å². The minimum absolute atomic E-state index is 0.152. The van der Waals surface area contributed by atoms with E-state index in [1.54, 1.807) is 17.0 Å². The van der Waals surface area contributed by atoms with Crippen LogP contribution in [0.15, 0.2) is 178 Å². The second-order valence-electron chi connectivity index (χ2n) is 15.5. The molecule has 9 rings (SSSR count). The zero-order valence-electron chi connectivity index (χ0n) is 37.3. The highest BCUT2D eigenvalue weighted by molar-refractivity contribution is 6.22. The number of hydrogen-bond acceptors (Lipinski definition) is 10. The van der Waals surface area contributed by atoms with Crippen LogP contribution in [0.1, 0.15) is 59.5 Å². The number of carbonyl (C=O) groups excluding carboxylic acids is 2. The number of ether oxygens (including phenoxy) is 2. The first-order valence-electron chi connectivity index (χ1n) is 22.3. The van der Waals surface area contributed by atoms with E-state index in [2.05, 4.69) is 11.2 Å². The Hall–Kier alpha value is -8.02. The van der Waals surface area contributed by atoms with Gasteiger partial charge < -0.3 is 14.4 Å². The number of amides is 1. The second-order valence-corrected chi connectivity index (χ2v) is 15.5. The summed E-state index contributed by atoms with van der Waals surface area (Å²) < 4.78 is 12.5. The molecule has 0 heterocycles. The lowest BCUT2D eigenvalue weighted by Crippen LogP contribution is -2.31. The number of hydroxylamine groups is 1. The lowest BCUT2D eigenvalue weighted by molar-refractivity contribution is 0.0953. The van der Waals surface area contributed by atoms with E-state index in [1.807, 2.05) is 172 Å². The summed E-state index contributed by atoms with van der Waals surface area (Å²) in [5.41, 5.74) is 7.56. The summed E-state index contributed by atoms with van der Waals surface area (Å²) in [6.07, 6.45) is 0. The van der Waals surface area contributed by atoms with Crippen LogP contribution in [0.5, 0.6) is 11.5 Å². The number of carbonyl (C=O) groups is 2. The molecule has 66 heavy (non-hydrogen) atoms. The average Bonchev–Trinajstić information content (AvgIpc) is 3.63. The topological polar surface area (TPSA) is 118 Å². The van der Waals surface area contributed by atoms with Crippen molar-refractivity contribution in [2.24, 2.45) is 20.5 Å². The molecule has 0 unspecified atom stereocenters. The van der Waals surface area contributed by atoms with Crippen LogP contribution in [0.3, 0.4) is 0 Å². The molecule has 0 bridgehead atoms. The highest BCUT2D eigenvalue weighted by Crippen LogP contribution is 2.45. The van der Waals surface area contributed by atoms with Gasteiger partial charge in [0.15, 0.2) is 17.3 Å². The van der Waals surface area contributed by atoms with Gasteiger partial charge in [0, 0.05) is 46.2 Å². The molecule has 1 aliphatic rings. The van der Waals surface area contributed by atoms with Gasteiger partial charge in [-0.1, -0.05) is 97.1 Å². The molecule has 1 amide bonds. The van der Waals surface area contributed by atoms with Gasteiger partial charge in [0.2, 0.25) is 0 Å². The Morgan fingerprint density at radius 1 is 0.515 bits per heavy atom. The molecule has 0 radical (unpaired) electrons. The summed E-state index contributed by atoms with van der Waals surface area (Å²) in [6, 6.07) is 50.2. The molecule has 11 nitrogen and oxygen atoms in total. The van der Waals surface area contributed by atoms with E-state index >= 15 is 0 Å². The molecule has 328 valence electrons. The third-order valence-electron chi connectivity index (χ3n) is 11.5. The fraction of sp³-hybridized carbons (Fsp3) is 0.164. The van der Waals surface area contributed by atoms with E-state index in [-0.39, 0.29) is 18.3 Å². The summed E-state index contributed by atoms with van der Waals surface area (Å²) in [4.78, 5) is 36.5. The van der Waals surface area contributed by atoms with Gasteiger partial charge in [0.1, 0.15) is 18.0 Å². The maximum atomic E-state index is 14.3. The van der Waals surface area contributed by atoms with Crippen molar-refractivity contribution in [1.29, 1.82) is 0 Å². The number of anilines is 2. The number of hydrogen-bond donors (Lipinski definition) is 0. The summed E-state index contributed by atoms with van der Waals surface area (Å²) in [5.74, 6) is 0.572. The van der Waals surface area contributed by atoms with Gasteiger partial charge in [-0.3, -0.25) is 19.5 Å². The monoisotopic (exact) mass is 872 g/mol. The van der Waals surface area contributed by atoms with Crippen molar-refractivity contribution < 1.29 is 23.9 Å². The average molecular weight is 873 g/mol. The van der Waals surface area contributed by atoms with E-state index < -0.39 is 0 Å². The van der Waals surface area contributed by atoms with Crippen LogP contribution in [0, 0.1) is 0 Å². The van der Waals surface area contributed by atoms with Crippen molar-refractivity contribution in [2.75, 3.05) is 36.3 Å². The number of para-hydroxylation sites is 2. The van der Waals surface area contributed by atoms with E-state index in [9.17, 15) is 9.59 Å². The predicted molar refractivity (Wildman–Crippen MR) is 262 cm³/mol. The highest BCUT2D eigenvalue weighted by Gasteiger charge is 2.28. The zero-order chi connectivity index (χ0) is 45.6. The van der Waals surface area contributed by atoms with Gasteiger partial charge >= 0.3 is 0 Å². The van der Waals surface area contributed by atoms with Crippen LogP contribution in [0.4, 0.5) is 34.1 Å². The Morgan fingerprint density at radius 2 is 1.03 bits per heavy atom. The normalized spacial score (nSPS) is 12.0. The van der Waals surface area contributed by atoms with Crippen LogP contribution in [-0.4, -0.2) is 38.0 Å². The van der Waals surface area contributed by atoms with Crippen LogP contribution < -0.4 is 19.4 Å². The van der Waals surface area contributed by atoms with Crippen molar-refractivity contribution in [3.8, 4) is 22.6 Å². The molecule has 0 fully saturated rings. The minimum Gasteiger partial charge on any atom is -0.491 e. The molecule has 0 atom stereocenters. The van der Waals surface area contributed by atoms with Crippen LogP contribution >= 0.6 is 0 Å². The quantitative estimate of drug-likeness (QED) is 0.0705. The number of fused-ring (bicyclic) bond motifs is 5. The Balaban J connectivity index is 1.01. The Labute approximate surface area is 383 Å². The van der Waals surface area contributed by atoms with Gasteiger partial charge in [-0.05, 0) is 110 Å². The minimum atomic E-state index is -0.210. The van der Waals surface area contributed by atoms with Crippen molar-refractivity contribution in [3.63, 3.8) is 0 Å².